The Labute approximate surface area is 183 Å². The molecule has 0 aromatic heterocycles. The number of nitrogens with one attached hydrogen (secondary N) is 1. The summed E-state index contributed by atoms with van der Waals surface area (Å²) in [7, 11) is -3.80. The summed E-state index contributed by atoms with van der Waals surface area (Å²) < 4.78 is 70.7. The van der Waals surface area contributed by atoms with E-state index < -0.39 is 32.4 Å². The lowest BCUT2D eigenvalue weighted by atomic mass is 9.97. The fourth-order valence-electron chi connectivity index (χ4n) is 3.98. The van der Waals surface area contributed by atoms with E-state index in [-0.39, 0.29) is 25.6 Å². The zero-order chi connectivity index (χ0) is 22.7. The van der Waals surface area contributed by atoms with E-state index in [1.807, 2.05) is 0 Å². The molecule has 2 saturated heterocycles. The third-order valence-corrected chi connectivity index (χ3v) is 9.46. The molecule has 12 heteroatoms. The van der Waals surface area contributed by atoms with E-state index >= 15 is 0 Å². The normalized spacial score (nSPS) is 20.9. The Hall–Kier alpha value is -1.50. The van der Waals surface area contributed by atoms with Crippen molar-refractivity contribution < 1.29 is 36.3 Å². The molecule has 2 heterocycles. The molecule has 31 heavy (non-hydrogen) atoms. The molecule has 2 aliphatic rings. The van der Waals surface area contributed by atoms with Gasteiger partial charge in [0.2, 0.25) is 15.9 Å². The van der Waals surface area contributed by atoms with Crippen LogP contribution in [0.5, 0.6) is 5.75 Å². The van der Waals surface area contributed by atoms with Crippen molar-refractivity contribution in [3.8, 4) is 5.75 Å². The number of halogens is 3. The first-order valence-corrected chi connectivity index (χ1v) is 12.5. The van der Waals surface area contributed by atoms with Gasteiger partial charge in [0.25, 0.3) is 0 Å². The fourth-order valence-corrected chi connectivity index (χ4v) is 7.79. The number of piperidine rings is 1. The number of carbonyl (C=O) groups excluding carboxylic acids is 1. The Morgan fingerprint density at radius 3 is 2.29 bits per heavy atom. The molecule has 0 unspecified atom stereocenters. The topological polar surface area (TPSA) is 95.9 Å². The second kappa shape index (κ2) is 9.55. The summed E-state index contributed by atoms with van der Waals surface area (Å²) >= 11 is 1.63. The van der Waals surface area contributed by atoms with Gasteiger partial charge in [-0.05, 0) is 61.5 Å². The van der Waals surface area contributed by atoms with Gasteiger partial charge in [0.05, 0.1) is 10.3 Å². The van der Waals surface area contributed by atoms with E-state index in [1.165, 1.54) is 16.4 Å². The average Bonchev–Trinajstić information content (AvgIpc) is 2.74. The Kier molecular flexibility index (Phi) is 7.44. The number of sulfonamides is 1. The number of alkyl halides is 3. The molecule has 0 saturated carbocycles. The summed E-state index contributed by atoms with van der Waals surface area (Å²) in [5.41, 5.74) is 0.780. The van der Waals surface area contributed by atoms with Crippen LogP contribution in [-0.2, 0) is 21.0 Å². The molecular formula is C19H25F3N2O5S2. The average molecular weight is 483 g/mol. The second-order valence-electron chi connectivity index (χ2n) is 7.75. The molecule has 0 bridgehead atoms. The molecule has 0 aliphatic carbocycles. The predicted molar refractivity (Wildman–Crippen MR) is 109 cm³/mol. The molecule has 3 rings (SSSR count). The van der Waals surface area contributed by atoms with Gasteiger partial charge in [-0.3, -0.25) is 10.0 Å². The zero-order valence-electron chi connectivity index (χ0n) is 16.7. The maximum Gasteiger partial charge on any atom is 0.416 e. The van der Waals surface area contributed by atoms with Crippen molar-refractivity contribution in [2.45, 2.75) is 49.1 Å². The van der Waals surface area contributed by atoms with Gasteiger partial charge in [-0.25, -0.2) is 18.2 Å². The van der Waals surface area contributed by atoms with Crippen LogP contribution in [0.2, 0.25) is 0 Å². The van der Waals surface area contributed by atoms with Gasteiger partial charge in [-0.15, -0.1) is 0 Å². The Morgan fingerprint density at radius 2 is 1.77 bits per heavy atom. The summed E-state index contributed by atoms with van der Waals surface area (Å²) in [6.45, 7) is 0.395. The Bertz CT molecular complexity index is 864. The summed E-state index contributed by atoms with van der Waals surface area (Å²) in [6.07, 6.45) is -3.60. The van der Waals surface area contributed by atoms with Crippen LogP contribution in [0, 0.1) is 0 Å². The maximum absolute atomic E-state index is 13.4. The van der Waals surface area contributed by atoms with E-state index in [2.05, 4.69) is 0 Å². The van der Waals surface area contributed by atoms with Crippen molar-refractivity contribution >= 4 is 27.7 Å². The Balaban J connectivity index is 1.64. The van der Waals surface area contributed by atoms with E-state index in [4.69, 9.17) is 9.94 Å². The summed E-state index contributed by atoms with van der Waals surface area (Å²) in [5.74, 6) is 0.808. The first-order chi connectivity index (χ1) is 14.6. The zero-order valence-corrected chi connectivity index (χ0v) is 18.4. The van der Waals surface area contributed by atoms with Gasteiger partial charge in [0.15, 0.2) is 0 Å². The quantitative estimate of drug-likeness (QED) is 0.478. The first-order valence-electron chi connectivity index (χ1n) is 9.92. The van der Waals surface area contributed by atoms with Crippen LogP contribution in [-0.4, -0.2) is 59.3 Å². The SMILES string of the molecule is O=C(CC1(S(=O)(=O)N2CCC(Oc3ccc(C(F)(F)F)cc3)CC2)CCSCC1)NO. The van der Waals surface area contributed by atoms with Crippen molar-refractivity contribution in [2.75, 3.05) is 24.6 Å². The molecule has 2 aliphatic heterocycles. The maximum atomic E-state index is 13.4. The van der Waals surface area contributed by atoms with Gasteiger partial charge >= 0.3 is 6.18 Å². The van der Waals surface area contributed by atoms with Crippen molar-refractivity contribution in [1.29, 1.82) is 0 Å². The van der Waals surface area contributed by atoms with Crippen LogP contribution in [0.15, 0.2) is 24.3 Å². The molecule has 1 aromatic rings. The number of hydrogen-bond acceptors (Lipinski definition) is 6. The van der Waals surface area contributed by atoms with Crippen LogP contribution in [0.4, 0.5) is 13.2 Å². The molecule has 0 radical (unpaired) electrons. The number of hydroxylamine groups is 1. The molecule has 7 nitrogen and oxygen atoms in total. The number of amides is 1. The minimum Gasteiger partial charge on any atom is -0.490 e. The van der Waals surface area contributed by atoms with Gasteiger partial charge in [-0.2, -0.15) is 24.9 Å². The van der Waals surface area contributed by atoms with E-state index in [1.54, 1.807) is 17.2 Å². The van der Waals surface area contributed by atoms with Crippen molar-refractivity contribution in [2.24, 2.45) is 0 Å². The van der Waals surface area contributed by atoms with E-state index in [9.17, 15) is 26.4 Å². The fraction of sp³-hybridized carbons (Fsp3) is 0.632. The summed E-state index contributed by atoms with van der Waals surface area (Å²) in [5, 5.41) is 8.90. The highest BCUT2D eigenvalue weighted by Gasteiger charge is 2.49. The summed E-state index contributed by atoms with van der Waals surface area (Å²) in [4.78, 5) is 11.8. The smallest absolute Gasteiger partial charge is 0.416 e. The molecule has 0 atom stereocenters. The number of ether oxygens (including phenoxy) is 1. The predicted octanol–water partition coefficient (Wildman–Crippen LogP) is 3.04. The number of carbonyl (C=O) groups is 1. The highest BCUT2D eigenvalue weighted by molar-refractivity contribution is 7.99. The number of hydrogen-bond donors (Lipinski definition) is 2. The third kappa shape index (κ3) is 5.47. The highest BCUT2D eigenvalue weighted by atomic mass is 32.2. The highest BCUT2D eigenvalue weighted by Crippen LogP contribution is 2.40. The van der Waals surface area contributed by atoms with Crippen molar-refractivity contribution in [3.63, 3.8) is 0 Å². The number of rotatable bonds is 6. The summed E-state index contributed by atoms with van der Waals surface area (Å²) in [6, 6.07) is 4.42. The van der Waals surface area contributed by atoms with Crippen molar-refractivity contribution in [3.05, 3.63) is 29.8 Å². The number of benzene rings is 1. The molecular weight excluding hydrogens is 457 g/mol. The second-order valence-corrected chi connectivity index (χ2v) is 11.3. The van der Waals surface area contributed by atoms with E-state index in [0.29, 0.717) is 42.9 Å². The van der Waals surface area contributed by atoms with Crippen LogP contribution in [0.1, 0.15) is 37.7 Å². The monoisotopic (exact) mass is 482 g/mol. The lowest BCUT2D eigenvalue weighted by molar-refractivity contribution is -0.137. The largest absolute Gasteiger partial charge is 0.490 e. The molecule has 0 spiro atoms. The third-order valence-electron chi connectivity index (χ3n) is 5.78. The molecule has 1 aromatic carbocycles. The molecule has 2 fully saturated rings. The minimum atomic E-state index is -4.42. The van der Waals surface area contributed by atoms with Gasteiger partial charge in [-0.1, -0.05) is 0 Å². The van der Waals surface area contributed by atoms with E-state index in [0.717, 1.165) is 12.1 Å². The standard InChI is InChI=1S/C19H25F3N2O5S2/c20-19(21,22)14-1-3-15(4-2-14)29-16-5-9-24(10-6-16)31(27,28)18(13-17(25)23-26)7-11-30-12-8-18/h1-4,16,26H,5-13H2,(H,23,25). The molecule has 174 valence electrons. The lowest BCUT2D eigenvalue weighted by Crippen LogP contribution is -2.54. The molecule has 1 amide bonds. The van der Waals surface area contributed by atoms with Crippen LogP contribution >= 0.6 is 11.8 Å². The molecule has 2 N–H and O–H groups in total. The Morgan fingerprint density at radius 1 is 1.19 bits per heavy atom. The first kappa shape index (κ1) is 24.1. The van der Waals surface area contributed by atoms with Gasteiger partial charge in [0.1, 0.15) is 11.9 Å². The van der Waals surface area contributed by atoms with Crippen LogP contribution < -0.4 is 10.2 Å². The number of thioether (sulfide) groups is 1. The minimum absolute atomic E-state index is 0.198. The number of nitrogens with zero attached hydrogens (tertiary/aromatic N) is 1. The van der Waals surface area contributed by atoms with Crippen LogP contribution in [0.3, 0.4) is 0 Å². The van der Waals surface area contributed by atoms with Crippen LogP contribution in [0.25, 0.3) is 0 Å². The van der Waals surface area contributed by atoms with Gasteiger partial charge in [0, 0.05) is 19.5 Å². The lowest BCUT2D eigenvalue weighted by Gasteiger charge is -2.41. The van der Waals surface area contributed by atoms with Gasteiger partial charge < -0.3 is 4.74 Å². The van der Waals surface area contributed by atoms with Crippen molar-refractivity contribution in [1.82, 2.24) is 9.79 Å².